The maximum atomic E-state index is 2.51. The molecule has 0 N–H and O–H groups in total. The number of hydrogen-bond donors (Lipinski definition) is 0. The van der Waals surface area contributed by atoms with E-state index in [1.54, 1.807) is 0 Å². The Labute approximate surface area is 362 Å². The Balaban J connectivity index is 1.12. The lowest BCUT2D eigenvalue weighted by molar-refractivity contribution is 0.569. The standard InChI is InChI=1S/C60H53N/c1-57(2,3)40-33-39(34-41(35-40)58(4,5)6)38-25-27-42(28-26-38)61(43-29-31-49-45-17-9-13-21-51(45)59(7,8)55(49)36-43)44-30-32-50-48-20-12-16-24-54(48)60(56(50)37-44)52-22-14-10-18-46(52)47-19-11-15-23-53(47)60/h9-37H,1-8H3. The van der Waals surface area contributed by atoms with Crippen molar-refractivity contribution in [2.75, 3.05) is 4.90 Å². The average Bonchev–Trinajstić information content (AvgIpc) is 3.82. The molecule has 0 atom stereocenters. The fourth-order valence-electron chi connectivity index (χ4n) is 11.0. The van der Waals surface area contributed by atoms with Gasteiger partial charge in [-0.15, -0.1) is 0 Å². The van der Waals surface area contributed by atoms with Crippen LogP contribution in [0.5, 0.6) is 0 Å². The number of benzene rings is 8. The molecule has 8 aromatic carbocycles. The molecule has 0 aromatic heterocycles. The van der Waals surface area contributed by atoms with Crippen molar-refractivity contribution in [3.63, 3.8) is 0 Å². The molecule has 0 heterocycles. The van der Waals surface area contributed by atoms with E-state index in [9.17, 15) is 0 Å². The van der Waals surface area contributed by atoms with Crippen molar-refractivity contribution in [3.8, 4) is 44.5 Å². The molecular weight excluding hydrogens is 735 g/mol. The Morgan fingerprint density at radius 1 is 0.328 bits per heavy atom. The van der Waals surface area contributed by atoms with Crippen LogP contribution in [-0.2, 0) is 21.7 Å². The van der Waals surface area contributed by atoms with Gasteiger partial charge in [0.15, 0.2) is 0 Å². The second kappa shape index (κ2) is 13.0. The van der Waals surface area contributed by atoms with Crippen LogP contribution in [0.4, 0.5) is 17.1 Å². The molecule has 0 amide bonds. The Morgan fingerprint density at radius 2 is 0.705 bits per heavy atom. The molecule has 61 heavy (non-hydrogen) atoms. The summed E-state index contributed by atoms with van der Waals surface area (Å²) in [7, 11) is 0. The molecule has 1 nitrogen and oxygen atoms in total. The summed E-state index contributed by atoms with van der Waals surface area (Å²) in [6, 6.07) is 67.2. The van der Waals surface area contributed by atoms with E-state index in [4.69, 9.17) is 0 Å². The van der Waals surface area contributed by atoms with Crippen LogP contribution in [0, 0.1) is 0 Å². The first-order valence-corrected chi connectivity index (χ1v) is 22.0. The molecule has 0 fully saturated rings. The lowest BCUT2D eigenvalue weighted by atomic mass is 9.70. The topological polar surface area (TPSA) is 3.24 Å². The van der Waals surface area contributed by atoms with Crippen LogP contribution < -0.4 is 4.90 Å². The molecular formula is C60H53N. The molecule has 0 bridgehead atoms. The molecule has 0 radical (unpaired) electrons. The molecule has 3 aliphatic carbocycles. The summed E-state index contributed by atoms with van der Waals surface area (Å²) < 4.78 is 0. The van der Waals surface area contributed by atoms with E-state index in [1.165, 1.54) is 89.0 Å². The van der Waals surface area contributed by atoms with Gasteiger partial charge in [-0.05, 0) is 136 Å². The van der Waals surface area contributed by atoms with Crippen molar-refractivity contribution >= 4 is 17.1 Å². The zero-order valence-corrected chi connectivity index (χ0v) is 36.7. The van der Waals surface area contributed by atoms with Gasteiger partial charge in [-0.25, -0.2) is 0 Å². The molecule has 1 heteroatoms. The fourth-order valence-corrected chi connectivity index (χ4v) is 11.0. The summed E-state index contributed by atoms with van der Waals surface area (Å²) in [5.74, 6) is 0. The van der Waals surface area contributed by atoms with Gasteiger partial charge in [-0.2, -0.15) is 0 Å². The monoisotopic (exact) mass is 787 g/mol. The largest absolute Gasteiger partial charge is 0.310 e. The van der Waals surface area contributed by atoms with Crippen molar-refractivity contribution in [2.45, 2.75) is 77.0 Å². The molecule has 1 spiro atoms. The number of hydrogen-bond acceptors (Lipinski definition) is 1. The smallest absolute Gasteiger partial charge is 0.0726 e. The van der Waals surface area contributed by atoms with E-state index in [-0.39, 0.29) is 16.2 Å². The average molecular weight is 788 g/mol. The Bertz CT molecular complexity index is 2980. The summed E-state index contributed by atoms with van der Waals surface area (Å²) in [6.45, 7) is 18.7. The van der Waals surface area contributed by atoms with E-state index < -0.39 is 5.41 Å². The van der Waals surface area contributed by atoms with Crippen molar-refractivity contribution in [1.29, 1.82) is 0 Å². The minimum absolute atomic E-state index is 0.0404. The summed E-state index contributed by atoms with van der Waals surface area (Å²) in [5.41, 5.74) is 24.3. The summed E-state index contributed by atoms with van der Waals surface area (Å²) in [4.78, 5) is 2.50. The molecule has 0 unspecified atom stereocenters. The Kier molecular flexibility index (Phi) is 8.02. The highest BCUT2D eigenvalue weighted by atomic mass is 15.1. The van der Waals surface area contributed by atoms with Crippen LogP contribution in [-0.4, -0.2) is 0 Å². The van der Waals surface area contributed by atoms with Crippen molar-refractivity contribution in [3.05, 3.63) is 220 Å². The van der Waals surface area contributed by atoms with Crippen LogP contribution in [0.1, 0.15) is 99.9 Å². The van der Waals surface area contributed by atoms with E-state index in [0.29, 0.717) is 0 Å². The maximum absolute atomic E-state index is 2.51. The van der Waals surface area contributed by atoms with Crippen molar-refractivity contribution < 1.29 is 0 Å². The first kappa shape index (κ1) is 37.6. The highest BCUT2D eigenvalue weighted by molar-refractivity contribution is 5.96. The highest BCUT2D eigenvalue weighted by Gasteiger charge is 2.51. The molecule has 11 rings (SSSR count). The van der Waals surface area contributed by atoms with Crippen LogP contribution in [0.15, 0.2) is 176 Å². The molecule has 3 aliphatic rings. The predicted octanol–water partition coefficient (Wildman–Crippen LogP) is 16.1. The quantitative estimate of drug-likeness (QED) is 0.172. The van der Waals surface area contributed by atoms with Gasteiger partial charge in [0, 0.05) is 22.5 Å². The van der Waals surface area contributed by atoms with Gasteiger partial charge in [-0.1, -0.05) is 195 Å². The van der Waals surface area contributed by atoms with E-state index in [0.717, 1.165) is 17.1 Å². The minimum Gasteiger partial charge on any atom is -0.310 e. The van der Waals surface area contributed by atoms with Gasteiger partial charge in [0.2, 0.25) is 0 Å². The lowest BCUT2D eigenvalue weighted by Gasteiger charge is -2.32. The van der Waals surface area contributed by atoms with Gasteiger partial charge in [0.05, 0.1) is 5.41 Å². The van der Waals surface area contributed by atoms with Crippen LogP contribution >= 0.6 is 0 Å². The Hall–Kier alpha value is -6.44. The minimum atomic E-state index is -0.422. The predicted molar refractivity (Wildman–Crippen MR) is 258 cm³/mol. The lowest BCUT2D eigenvalue weighted by Crippen LogP contribution is -2.26. The third kappa shape index (κ3) is 5.46. The van der Waals surface area contributed by atoms with Gasteiger partial charge in [0.25, 0.3) is 0 Å². The maximum Gasteiger partial charge on any atom is 0.0726 e. The second-order valence-corrected chi connectivity index (χ2v) is 20.2. The zero-order chi connectivity index (χ0) is 42.1. The molecule has 0 saturated carbocycles. The van der Waals surface area contributed by atoms with Gasteiger partial charge < -0.3 is 4.90 Å². The highest BCUT2D eigenvalue weighted by Crippen LogP contribution is 2.63. The van der Waals surface area contributed by atoms with Gasteiger partial charge in [0.1, 0.15) is 0 Å². The first-order valence-electron chi connectivity index (χ1n) is 22.0. The van der Waals surface area contributed by atoms with Crippen LogP contribution in [0.2, 0.25) is 0 Å². The summed E-state index contributed by atoms with van der Waals surface area (Å²) in [6.07, 6.45) is 0. The second-order valence-electron chi connectivity index (χ2n) is 20.2. The normalized spacial score (nSPS) is 14.8. The zero-order valence-electron chi connectivity index (χ0n) is 36.7. The molecule has 298 valence electrons. The summed E-state index contributed by atoms with van der Waals surface area (Å²) in [5, 5.41) is 0. The van der Waals surface area contributed by atoms with E-state index in [2.05, 4.69) is 236 Å². The SMILES string of the molecule is CC(C)(C)c1cc(-c2ccc(N(c3ccc4c(c3)C(C)(C)c3ccccc3-4)c3ccc4c(c3)C3(c5ccccc5-c5ccccc53)c3ccccc3-4)cc2)cc(C(C)(C)C)c1. The van der Waals surface area contributed by atoms with Crippen molar-refractivity contribution in [2.24, 2.45) is 0 Å². The fraction of sp³-hybridized carbons (Fsp3) is 0.200. The summed E-state index contributed by atoms with van der Waals surface area (Å²) >= 11 is 0. The number of fused-ring (bicyclic) bond motifs is 13. The first-order chi connectivity index (χ1) is 29.3. The Morgan fingerprint density at radius 3 is 1.18 bits per heavy atom. The van der Waals surface area contributed by atoms with E-state index >= 15 is 0 Å². The van der Waals surface area contributed by atoms with E-state index in [1.807, 2.05) is 0 Å². The van der Waals surface area contributed by atoms with Gasteiger partial charge >= 0.3 is 0 Å². The molecule has 0 aliphatic heterocycles. The number of rotatable bonds is 4. The third-order valence-electron chi connectivity index (χ3n) is 14.2. The molecule has 8 aromatic rings. The van der Waals surface area contributed by atoms with Crippen LogP contribution in [0.3, 0.4) is 0 Å². The third-order valence-corrected chi connectivity index (χ3v) is 14.2. The van der Waals surface area contributed by atoms with Crippen molar-refractivity contribution in [1.82, 2.24) is 0 Å². The van der Waals surface area contributed by atoms with Crippen LogP contribution in [0.25, 0.3) is 44.5 Å². The van der Waals surface area contributed by atoms with Gasteiger partial charge in [-0.3, -0.25) is 0 Å². The number of anilines is 3. The molecule has 0 saturated heterocycles. The number of nitrogens with zero attached hydrogens (tertiary/aromatic N) is 1.